The quantitative estimate of drug-likeness (QED) is 0.382. The van der Waals surface area contributed by atoms with E-state index in [1.165, 1.54) is 19.2 Å². The summed E-state index contributed by atoms with van der Waals surface area (Å²) in [5.74, 6) is -0.367. The van der Waals surface area contributed by atoms with Crippen molar-refractivity contribution < 1.29 is 14.5 Å². The number of rotatable bonds is 4. The summed E-state index contributed by atoms with van der Waals surface area (Å²) in [6.45, 7) is 6.38. The molecule has 9 nitrogen and oxygen atoms in total. The van der Waals surface area contributed by atoms with Crippen molar-refractivity contribution in [2.45, 2.75) is 31.8 Å². The second-order valence-electron chi connectivity index (χ2n) is 7.80. The van der Waals surface area contributed by atoms with E-state index in [1.807, 2.05) is 0 Å². The Morgan fingerprint density at radius 2 is 2.10 bits per heavy atom. The van der Waals surface area contributed by atoms with Crippen LogP contribution in [-0.4, -0.2) is 68.2 Å². The molecule has 9 heteroatoms. The number of nitrogens with one attached hydrogen (secondary N) is 3. The molecule has 1 saturated heterocycles. The predicted molar refractivity (Wildman–Crippen MR) is 114 cm³/mol. The summed E-state index contributed by atoms with van der Waals surface area (Å²) < 4.78 is 5.14. The van der Waals surface area contributed by atoms with Gasteiger partial charge in [-0.2, -0.15) is 0 Å². The summed E-state index contributed by atoms with van der Waals surface area (Å²) in [6.07, 6.45) is 4.27. The van der Waals surface area contributed by atoms with E-state index in [0.717, 1.165) is 50.3 Å². The molecule has 1 fully saturated rings. The van der Waals surface area contributed by atoms with Crippen LogP contribution in [0.3, 0.4) is 0 Å². The van der Waals surface area contributed by atoms with Crippen molar-refractivity contribution in [2.24, 2.45) is 0 Å². The van der Waals surface area contributed by atoms with Crippen molar-refractivity contribution in [3.05, 3.63) is 51.2 Å². The van der Waals surface area contributed by atoms with Crippen molar-refractivity contribution in [2.75, 3.05) is 46.4 Å². The fourth-order valence-corrected chi connectivity index (χ4v) is 4.10. The number of fused-ring (bicyclic) bond motifs is 2. The van der Waals surface area contributed by atoms with E-state index in [2.05, 4.69) is 26.9 Å². The van der Waals surface area contributed by atoms with Crippen LogP contribution in [0.1, 0.15) is 30.0 Å². The molecule has 2 bridgehead atoms. The van der Waals surface area contributed by atoms with Crippen molar-refractivity contribution in [3.63, 3.8) is 0 Å². The normalized spacial score (nSPS) is 21.9. The van der Waals surface area contributed by atoms with Crippen LogP contribution in [0.15, 0.2) is 30.0 Å². The Bertz CT molecular complexity index is 798. The Labute approximate surface area is 177 Å². The molecule has 2 aliphatic heterocycles. The first-order valence-corrected chi connectivity index (χ1v) is 10.4. The third-order valence-corrected chi connectivity index (χ3v) is 5.66. The zero-order valence-electron chi connectivity index (χ0n) is 17.6. The number of allylic oxidation sites excluding steroid dienone is 1. The van der Waals surface area contributed by atoms with Gasteiger partial charge in [0, 0.05) is 63.1 Å². The number of nitro groups is 1. The molecule has 0 spiro atoms. The lowest BCUT2D eigenvalue weighted by atomic mass is 9.98. The van der Waals surface area contributed by atoms with Crippen LogP contribution in [0, 0.1) is 17.0 Å². The summed E-state index contributed by atoms with van der Waals surface area (Å²) in [7, 11) is 1.38. The average molecular weight is 418 g/mol. The fraction of sp³-hybridized carbons (Fsp3) is 0.571. The van der Waals surface area contributed by atoms with Gasteiger partial charge in [0.05, 0.1) is 12.0 Å². The largest absolute Gasteiger partial charge is 0.468 e. The molecular weight excluding hydrogens is 386 g/mol. The number of carbonyl (C=O) groups excluding carboxylic acids is 1. The van der Waals surface area contributed by atoms with Crippen LogP contribution in [0.5, 0.6) is 0 Å². The first kappa shape index (κ1) is 22.2. The lowest BCUT2D eigenvalue weighted by Crippen LogP contribution is -2.48. The summed E-state index contributed by atoms with van der Waals surface area (Å²) in [5.41, 5.74) is 2.55. The number of aryl methyl sites for hydroxylation is 1. The summed E-state index contributed by atoms with van der Waals surface area (Å²) in [4.78, 5) is 25.7. The molecule has 2 heterocycles. The number of esters is 1. The van der Waals surface area contributed by atoms with Crippen LogP contribution in [-0.2, 0) is 9.53 Å². The minimum Gasteiger partial charge on any atom is -0.468 e. The average Bonchev–Trinajstić information content (AvgIpc) is 2.73. The maximum absolute atomic E-state index is 12.9. The minimum atomic E-state index is -0.637. The standard InChI is InChI=1S/C21H31N5O4/c1-15-12-18(26(28)29)6-7-19(15)20(21(27)30-2)25-11-10-22-8-9-23-13-16-4-3-5-17(14-25)24-16/h5-7,12,16,20,22-24H,3-4,8-11,13-14H2,1-2H3. The number of nitro benzene ring substituents is 1. The van der Waals surface area contributed by atoms with Crippen LogP contribution in [0.25, 0.3) is 0 Å². The van der Waals surface area contributed by atoms with Crippen LogP contribution in [0.4, 0.5) is 5.69 Å². The Balaban J connectivity index is 1.92. The smallest absolute Gasteiger partial charge is 0.327 e. The molecule has 0 aliphatic carbocycles. The highest BCUT2D eigenvalue weighted by molar-refractivity contribution is 5.78. The molecule has 0 saturated carbocycles. The van der Waals surface area contributed by atoms with Gasteiger partial charge in [-0.1, -0.05) is 6.08 Å². The highest BCUT2D eigenvalue weighted by atomic mass is 16.6. The molecule has 0 aromatic heterocycles. The number of non-ortho nitro benzene ring substituents is 1. The zero-order chi connectivity index (χ0) is 21.5. The Hall–Kier alpha value is -2.49. The number of benzene rings is 1. The molecule has 3 rings (SSSR count). The SMILES string of the molecule is COC(=O)C(c1ccc([N+](=O)[O-])cc1C)N1CCNCCNCC2CCC=C(C1)N2. The van der Waals surface area contributed by atoms with Crippen molar-refractivity contribution in [3.8, 4) is 0 Å². The number of methoxy groups -OCH3 is 1. The van der Waals surface area contributed by atoms with E-state index in [4.69, 9.17) is 4.74 Å². The maximum Gasteiger partial charge on any atom is 0.327 e. The van der Waals surface area contributed by atoms with E-state index < -0.39 is 11.0 Å². The van der Waals surface area contributed by atoms with Gasteiger partial charge in [0.15, 0.2) is 0 Å². The number of nitrogens with zero attached hydrogens (tertiary/aromatic N) is 2. The molecule has 2 aliphatic rings. The predicted octanol–water partition coefficient (Wildman–Crippen LogP) is 1.25. The molecule has 3 N–H and O–H groups in total. The van der Waals surface area contributed by atoms with Gasteiger partial charge >= 0.3 is 5.97 Å². The second kappa shape index (κ2) is 10.5. The fourth-order valence-electron chi connectivity index (χ4n) is 4.10. The third-order valence-electron chi connectivity index (χ3n) is 5.66. The molecular formula is C21H31N5O4. The maximum atomic E-state index is 12.9. The summed E-state index contributed by atoms with van der Waals surface area (Å²) in [6, 6.07) is 4.37. The highest BCUT2D eigenvalue weighted by Crippen LogP contribution is 2.29. The Kier molecular flexibility index (Phi) is 7.78. The lowest BCUT2D eigenvalue weighted by molar-refractivity contribution is -0.384. The number of carbonyl (C=O) groups is 1. The van der Waals surface area contributed by atoms with E-state index in [9.17, 15) is 14.9 Å². The van der Waals surface area contributed by atoms with Crippen LogP contribution < -0.4 is 16.0 Å². The second-order valence-corrected chi connectivity index (χ2v) is 7.80. The van der Waals surface area contributed by atoms with Gasteiger partial charge in [0.2, 0.25) is 0 Å². The minimum absolute atomic E-state index is 0.0159. The molecule has 2 unspecified atom stereocenters. The molecule has 0 amide bonds. The number of hydrogen-bond acceptors (Lipinski definition) is 8. The van der Waals surface area contributed by atoms with Gasteiger partial charge in [0.1, 0.15) is 6.04 Å². The first-order chi connectivity index (χ1) is 14.5. The zero-order valence-corrected chi connectivity index (χ0v) is 17.6. The van der Waals surface area contributed by atoms with Gasteiger partial charge < -0.3 is 20.7 Å². The highest BCUT2D eigenvalue weighted by Gasteiger charge is 2.31. The van der Waals surface area contributed by atoms with Gasteiger partial charge in [-0.05, 0) is 37.0 Å². The lowest BCUT2D eigenvalue weighted by Gasteiger charge is -2.35. The van der Waals surface area contributed by atoms with E-state index in [-0.39, 0.29) is 11.7 Å². The number of hydrogen-bond donors (Lipinski definition) is 3. The monoisotopic (exact) mass is 417 g/mol. The van der Waals surface area contributed by atoms with Crippen molar-refractivity contribution in [1.29, 1.82) is 0 Å². The Morgan fingerprint density at radius 1 is 1.30 bits per heavy atom. The van der Waals surface area contributed by atoms with E-state index in [0.29, 0.717) is 24.7 Å². The molecule has 0 radical (unpaired) electrons. The Morgan fingerprint density at radius 3 is 2.83 bits per heavy atom. The first-order valence-electron chi connectivity index (χ1n) is 10.4. The van der Waals surface area contributed by atoms with Crippen LogP contribution >= 0.6 is 0 Å². The van der Waals surface area contributed by atoms with E-state index >= 15 is 0 Å². The van der Waals surface area contributed by atoms with Gasteiger partial charge in [-0.3, -0.25) is 15.0 Å². The topological polar surface area (TPSA) is 109 Å². The number of ether oxygens (including phenoxy) is 1. The summed E-state index contributed by atoms with van der Waals surface area (Å²) in [5, 5.41) is 21.6. The molecule has 1 aromatic carbocycles. The van der Waals surface area contributed by atoms with Gasteiger partial charge in [-0.15, -0.1) is 0 Å². The molecule has 1 aromatic rings. The molecule has 2 atom stereocenters. The van der Waals surface area contributed by atoms with E-state index in [1.54, 1.807) is 13.0 Å². The van der Waals surface area contributed by atoms with Crippen molar-refractivity contribution >= 4 is 11.7 Å². The molecule has 30 heavy (non-hydrogen) atoms. The van der Waals surface area contributed by atoms with Crippen molar-refractivity contribution in [1.82, 2.24) is 20.9 Å². The van der Waals surface area contributed by atoms with Gasteiger partial charge in [0.25, 0.3) is 5.69 Å². The summed E-state index contributed by atoms with van der Waals surface area (Å²) >= 11 is 0. The third kappa shape index (κ3) is 5.56. The van der Waals surface area contributed by atoms with Crippen LogP contribution in [0.2, 0.25) is 0 Å². The van der Waals surface area contributed by atoms with Gasteiger partial charge in [-0.25, -0.2) is 4.79 Å². The molecule has 164 valence electrons.